The van der Waals surface area contributed by atoms with Crippen LogP contribution in [0.5, 0.6) is 0 Å². The minimum Gasteiger partial charge on any atom is -0.192 e. The Labute approximate surface area is 123 Å². The quantitative estimate of drug-likeness (QED) is 0.689. The third-order valence-electron chi connectivity index (χ3n) is 2.96. The molecule has 0 N–H and O–H groups in total. The molecule has 0 aliphatic heterocycles. The predicted octanol–water partition coefficient (Wildman–Crippen LogP) is 3.01. The van der Waals surface area contributed by atoms with Crippen LogP contribution < -0.4 is 0 Å². The Bertz CT molecular complexity index is 874. The first-order valence-electron chi connectivity index (χ1n) is 6.15. The fourth-order valence-electron chi connectivity index (χ4n) is 1.80. The smallest absolute Gasteiger partial charge is 0.101 e. The van der Waals surface area contributed by atoms with Crippen molar-refractivity contribution >= 4 is 0 Å². The molecule has 0 atom stereocenters. The highest BCUT2D eigenvalue weighted by Crippen LogP contribution is 2.15. The molecule has 2 aromatic rings. The van der Waals surface area contributed by atoms with E-state index in [1.165, 1.54) is 0 Å². The highest BCUT2D eigenvalue weighted by atomic mass is 14.3. The summed E-state index contributed by atoms with van der Waals surface area (Å²) in [5.41, 5.74) is 3.63. The van der Waals surface area contributed by atoms with Crippen LogP contribution in [0.2, 0.25) is 0 Å². The van der Waals surface area contributed by atoms with E-state index in [9.17, 15) is 0 Å². The molecule has 0 unspecified atom stereocenters. The normalized spacial score (nSPS) is 8.67. The highest BCUT2D eigenvalue weighted by molar-refractivity contribution is 5.56. The Balaban J connectivity index is 2.41. The summed E-state index contributed by atoms with van der Waals surface area (Å²) in [6.45, 7) is 1.85. The topological polar surface area (TPSA) is 71.4 Å². The van der Waals surface area contributed by atoms with Gasteiger partial charge in [0.1, 0.15) is 12.1 Å². The predicted molar refractivity (Wildman–Crippen MR) is 77.7 cm³/mol. The van der Waals surface area contributed by atoms with Crippen LogP contribution in [0.1, 0.15) is 33.4 Å². The largest absolute Gasteiger partial charge is 0.192 e. The van der Waals surface area contributed by atoms with Gasteiger partial charge in [-0.25, -0.2) is 0 Å². The first-order valence-corrected chi connectivity index (χ1v) is 6.15. The van der Waals surface area contributed by atoms with Crippen LogP contribution >= 0.6 is 0 Å². The first-order chi connectivity index (χ1) is 10.2. The lowest BCUT2D eigenvalue weighted by molar-refractivity contribution is 1.36. The van der Waals surface area contributed by atoms with Gasteiger partial charge in [0.25, 0.3) is 0 Å². The third-order valence-corrected chi connectivity index (χ3v) is 2.96. The molecule has 0 bridgehead atoms. The average molecular weight is 267 g/mol. The average Bonchev–Trinajstić information content (AvgIpc) is 2.53. The molecular formula is C18H9N3. The van der Waals surface area contributed by atoms with Gasteiger partial charge in [0.05, 0.1) is 22.8 Å². The lowest BCUT2D eigenvalue weighted by Crippen LogP contribution is -1.90. The van der Waals surface area contributed by atoms with Crippen molar-refractivity contribution in [2.75, 3.05) is 0 Å². The van der Waals surface area contributed by atoms with Gasteiger partial charge in [0.2, 0.25) is 0 Å². The SMILES string of the molecule is Cc1cc(C#N)c(C#N)cc1C#Cc1ccc(C#N)cc1. The zero-order valence-corrected chi connectivity index (χ0v) is 11.3. The van der Waals surface area contributed by atoms with E-state index in [4.69, 9.17) is 15.8 Å². The highest BCUT2D eigenvalue weighted by Gasteiger charge is 2.05. The van der Waals surface area contributed by atoms with Gasteiger partial charge in [-0.15, -0.1) is 0 Å². The lowest BCUT2D eigenvalue weighted by atomic mass is 10.0. The van der Waals surface area contributed by atoms with E-state index in [-0.39, 0.29) is 0 Å². The van der Waals surface area contributed by atoms with Crippen LogP contribution in [-0.4, -0.2) is 0 Å². The van der Waals surface area contributed by atoms with Gasteiger partial charge < -0.3 is 0 Å². The number of nitrogens with zero attached hydrogens (tertiary/aromatic N) is 3. The molecule has 21 heavy (non-hydrogen) atoms. The molecule has 3 nitrogen and oxygen atoms in total. The molecule has 0 spiro atoms. The van der Waals surface area contributed by atoms with Crippen LogP contribution in [0.25, 0.3) is 0 Å². The van der Waals surface area contributed by atoms with Crippen molar-refractivity contribution in [2.45, 2.75) is 6.92 Å². The monoisotopic (exact) mass is 267 g/mol. The molecular weight excluding hydrogens is 258 g/mol. The van der Waals surface area contributed by atoms with E-state index in [1.54, 1.807) is 36.4 Å². The molecule has 2 rings (SSSR count). The second kappa shape index (κ2) is 6.08. The molecule has 0 aliphatic carbocycles. The molecule has 0 radical (unpaired) electrons. The fraction of sp³-hybridized carbons (Fsp3) is 0.0556. The van der Waals surface area contributed by atoms with E-state index in [0.717, 1.165) is 16.7 Å². The Morgan fingerprint density at radius 3 is 1.81 bits per heavy atom. The van der Waals surface area contributed by atoms with Gasteiger partial charge in [-0.05, 0) is 48.9 Å². The Morgan fingerprint density at radius 1 is 0.667 bits per heavy atom. The second-order valence-electron chi connectivity index (χ2n) is 4.38. The molecule has 0 amide bonds. The van der Waals surface area contributed by atoms with Gasteiger partial charge >= 0.3 is 0 Å². The minimum atomic E-state index is 0.326. The summed E-state index contributed by atoms with van der Waals surface area (Å²) in [6, 6.07) is 16.3. The van der Waals surface area contributed by atoms with Gasteiger partial charge in [0, 0.05) is 11.1 Å². The molecule has 0 aliphatic rings. The maximum atomic E-state index is 9.03. The van der Waals surface area contributed by atoms with Crippen molar-refractivity contribution in [2.24, 2.45) is 0 Å². The molecule has 96 valence electrons. The summed E-state index contributed by atoms with van der Waals surface area (Å²) >= 11 is 0. The van der Waals surface area contributed by atoms with E-state index < -0.39 is 0 Å². The number of hydrogen-bond acceptors (Lipinski definition) is 3. The van der Waals surface area contributed by atoms with Crippen molar-refractivity contribution in [3.63, 3.8) is 0 Å². The van der Waals surface area contributed by atoms with Crippen molar-refractivity contribution in [1.82, 2.24) is 0 Å². The molecule has 0 fully saturated rings. The third kappa shape index (κ3) is 3.08. The van der Waals surface area contributed by atoms with Crippen molar-refractivity contribution < 1.29 is 0 Å². The van der Waals surface area contributed by atoms with Gasteiger partial charge in [-0.1, -0.05) is 11.8 Å². The van der Waals surface area contributed by atoms with Crippen LogP contribution in [-0.2, 0) is 0 Å². The van der Waals surface area contributed by atoms with Crippen molar-refractivity contribution in [1.29, 1.82) is 15.8 Å². The lowest BCUT2D eigenvalue weighted by Gasteiger charge is -2.00. The van der Waals surface area contributed by atoms with Crippen LogP contribution in [0, 0.1) is 52.8 Å². The zero-order valence-electron chi connectivity index (χ0n) is 11.3. The maximum Gasteiger partial charge on any atom is 0.101 e. The molecule has 2 aromatic carbocycles. The van der Waals surface area contributed by atoms with E-state index in [1.807, 2.05) is 25.1 Å². The summed E-state index contributed by atoms with van der Waals surface area (Å²) in [6.07, 6.45) is 0. The van der Waals surface area contributed by atoms with E-state index >= 15 is 0 Å². The number of nitriles is 3. The van der Waals surface area contributed by atoms with Gasteiger partial charge in [-0.2, -0.15) is 15.8 Å². The Hall–Kier alpha value is -3.53. The Kier molecular flexibility index (Phi) is 4.02. The standard InChI is InChI=1S/C18H9N3/c1-13-8-17(11-20)18(12-21)9-16(13)7-6-14-2-4-15(10-19)5-3-14/h2-5,8-9H,1H3. The van der Waals surface area contributed by atoms with Crippen molar-refractivity contribution in [3.8, 4) is 30.0 Å². The zero-order chi connectivity index (χ0) is 15.2. The Morgan fingerprint density at radius 2 is 1.24 bits per heavy atom. The summed E-state index contributed by atoms with van der Waals surface area (Å²) in [4.78, 5) is 0. The summed E-state index contributed by atoms with van der Waals surface area (Å²) in [5.74, 6) is 5.99. The number of hydrogen-bond donors (Lipinski definition) is 0. The fourth-order valence-corrected chi connectivity index (χ4v) is 1.80. The minimum absolute atomic E-state index is 0.326. The van der Waals surface area contributed by atoms with E-state index in [0.29, 0.717) is 16.7 Å². The van der Waals surface area contributed by atoms with Gasteiger partial charge in [0.15, 0.2) is 0 Å². The maximum absolute atomic E-state index is 9.03. The number of aryl methyl sites for hydroxylation is 1. The van der Waals surface area contributed by atoms with Crippen LogP contribution in [0.15, 0.2) is 36.4 Å². The van der Waals surface area contributed by atoms with Gasteiger partial charge in [-0.3, -0.25) is 0 Å². The second-order valence-corrected chi connectivity index (χ2v) is 4.38. The summed E-state index contributed by atoms with van der Waals surface area (Å²) in [5, 5.41) is 26.7. The number of benzene rings is 2. The van der Waals surface area contributed by atoms with Crippen molar-refractivity contribution in [3.05, 3.63) is 69.8 Å². The summed E-state index contributed by atoms with van der Waals surface area (Å²) < 4.78 is 0. The van der Waals surface area contributed by atoms with E-state index in [2.05, 4.69) is 11.8 Å². The van der Waals surface area contributed by atoms with Crippen LogP contribution in [0.3, 0.4) is 0 Å². The number of rotatable bonds is 0. The molecule has 3 heteroatoms. The molecule has 0 heterocycles. The first kappa shape index (κ1) is 13.9. The molecule has 0 saturated carbocycles. The molecule has 0 aromatic heterocycles. The van der Waals surface area contributed by atoms with Crippen LogP contribution in [0.4, 0.5) is 0 Å². The molecule has 0 saturated heterocycles. The summed E-state index contributed by atoms with van der Waals surface area (Å²) in [7, 11) is 0.